The topological polar surface area (TPSA) is 67.8 Å². The van der Waals surface area contributed by atoms with Gasteiger partial charge in [0.1, 0.15) is 16.5 Å². The van der Waals surface area contributed by atoms with E-state index in [0.29, 0.717) is 23.9 Å². The van der Waals surface area contributed by atoms with Crippen LogP contribution in [-0.4, -0.2) is 38.8 Å². The van der Waals surface area contributed by atoms with Crippen LogP contribution in [0.15, 0.2) is 28.6 Å². The van der Waals surface area contributed by atoms with E-state index < -0.39 is 11.9 Å². The van der Waals surface area contributed by atoms with Crippen LogP contribution in [0.5, 0.6) is 11.5 Å². The number of guanidine groups is 1. The van der Waals surface area contributed by atoms with Gasteiger partial charge in [-0.15, -0.1) is 11.3 Å². The molecule has 0 spiro atoms. The Bertz CT molecular complexity index is 778. The zero-order chi connectivity index (χ0) is 19.9. The van der Waals surface area contributed by atoms with Gasteiger partial charge in [0.25, 0.3) is 0 Å². The zero-order valence-corrected chi connectivity index (χ0v) is 16.0. The first-order valence-corrected chi connectivity index (χ1v) is 8.92. The molecular formula is C17H21F3N4O2S. The second-order valence-electron chi connectivity index (χ2n) is 5.40. The normalized spacial score (nSPS) is 12.0. The lowest BCUT2D eigenvalue weighted by molar-refractivity contribution is -0.140. The van der Waals surface area contributed by atoms with Crippen LogP contribution in [-0.2, 0) is 19.1 Å². The van der Waals surface area contributed by atoms with E-state index in [2.05, 4.69) is 20.6 Å². The highest BCUT2D eigenvalue weighted by atomic mass is 32.1. The summed E-state index contributed by atoms with van der Waals surface area (Å²) in [7, 11) is 4.78. The third-order valence-electron chi connectivity index (χ3n) is 3.65. The number of benzene rings is 1. The van der Waals surface area contributed by atoms with Crippen molar-refractivity contribution in [2.24, 2.45) is 4.99 Å². The van der Waals surface area contributed by atoms with E-state index >= 15 is 0 Å². The molecule has 1 heterocycles. The Morgan fingerprint density at radius 2 is 2.00 bits per heavy atom. The summed E-state index contributed by atoms with van der Waals surface area (Å²) in [6.45, 7) is 0.706. The number of halogens is 3. The van der Waals surface area contributed by atoms with Crippen molar-refractivity contribution in [1.82, 2.24) is 15.6 Å². The lowest BCUT2D eigenvalue weighted by atomic mass is 10.1. The smallest absolute Gasteiger partial charge is 0.434 e. The van der Waals surface area contributed by atoms with Gasteiger partial charge in [0.2, 0.25) is 0 Å². The van der Waals surface area contributed by atoms with Gasteiger partial charge >= 0.3 is 6.18 Å². The molecule has 0 aliphatic rings. The molecule has 0 aliphatic carbocycles. The molecule has 10 heteroatoms. The molecule has 27 heavy (non-hydrogen) atoms. The number of alkyl halides is 3. The van der Waals surface area contributed by atoms with Gasteiger partial charge in [-0.25, -0.2) is 4.98 Å². The molecule has 2 aromatic rings. The van der Waals surface area contributed by atoms with Crippen molar-refractivity contribution in [3.05, 3.63) is 39.8 Å². The minimum absolute atomic E-state index is 0.156. The van der Waals surface area contributed by atoms with Crippen LogP contribution in [0.25, 0.3) is 0 Å². The maximum atomic E-state index is 12.6. The van der Waals surface area contributed by atoms with Crippen LogP contribution >= 0.6 is 11.3 Å². The number of aliphatic imine (C=N–C) groups is 1. The predicted molar refractivity (Wildman–Crippen MR) is 98.6 cm³/mol. The van der Waals surface area contributed by atoms with Gasteiger partial charge in [0.15, 0.2) is 11.7 Å². The molecular weight excluding hydrogens is 381 g/mol. The Balaban J connectivity index is 1.87. The molecule has 0 bridgehead atoms. The fourth-order valence-corrected chi connectivity index (χ4v) is 3.04. The Morgan fingerprint density at radius 1 is 1.22 bits per heavy atom. The summed E-state index contributed by atoms with van der Waals surface area (Å²) >= 11 is 0.952. The zero-order valence-electron chi connectivity index (χ0n) is 15.2. The summed E-state index contributed by atoms with van der Waals surface area (Å²) in [6, 6.07) is 5.55. The quantitative estimate of drug-likeness (QED) is 0.550. The lowest BCUT2D eigenvalue weighted by Gasteiger charge is -2.13. The molecule has 0 atom stereocenters. The molecule has 148 valence electrons. The maximum Gasteiger partial charge on any atom is 0.434 e. The third kappa shape index (κ3) is 6.02. The van der Waals surface area contributed by atoms with E-state index in [1.54, 1.807) is 21.3 Å². The van der Waals surface area contributed by atoms with Gasteiger partial charge in [-0.2, -0.15) is 13.2 Å². The number of rotatable bonds is 7. The van der Waals surface area contributed by atoms with E-state index in [1.807, 2.05) is 18.2 Å². The van der Waals surface area contributed by atoms with Crippen LogP contribution in [0.4, 0.5) is 13.2 Å². The van der Waals surface area contributed by atoms with E-state index in [0.717, 1.165) is 33.8 Å². The molecule has 0 amide bonds. The molecule has 1 aromatic heterocycles. The van der Waals surface area contributed by atoms with E-state index in [4.69, 9.17) is 9.47 Å². The van der Waals surface area contributed by atoms with Gasteiger partial charge in [0.05, 0.1) is 20.8 Å². The van der Waals surface area contributed by atoms with E-state index in [1.165, 1.54) is 0 Å². The van der Waals surface area contributed by atoms with E-state index in [9.17, 15) is 13.2 Å². The lowest BCUT2D eigenvalue weighted by Crippen LogP contribution is -2.37. The first-order chi connectivity index (χ1) is 12.9. The van der Waals surface area contributed by atoms with Gasteiger partial charge in [-0.1, -0.05) is 0 Å². The Kier molecular flexibility index (Phi) is 7.28. The Labute approximate surface area is 159 Å². The van der Waals surface area contributed by atoms with Crippen molar-refractivity contribution in [2.75, 3.05) is 27.8 Å². The second-order valence-corrected chi connectivity index (χ2v) is 6.35. The van der Waals surface area contributed by atoms with Crippen LogP contribution in [0.3, 0.4) is 0 Å². The first kappa shape index (κ1) is 20.8. The highest BCUT2D eigenvalue weighted by molar-refractivity contribution is 7.09. The van der Waals surface area contributed by atoms with E-state index in [-0.39, 0.29) is 6.54 Å². The summed E-state index contributed by atoms with van der Waals surface area (Å²) in [5.74, 6) is 1.96. The number of nitrogens with zero attached hydrogens (tertiary/aromatic N) is 2. The largest absolute Gasteiger partial charge is 0.497 e. The molecule has 0 saturated carbocycles. The molecule has 2 N–H and O–H groups in total. The van der Waals surface area contributed by atoms with Crippen molar-refractivity contribution >= 4 is 17.3 Å². The number of methoxy groups -OCH3 is 2. The van der Waals surface area contributed by atoms with Gasteiger partial charge in [-0.05, 0) is 30.2 Å². The highest BCUT2D eigenvalue weighted by Crippen LogP contribution is 2.30. The summed E-state index contributed by atoms with van der Waals surface area (Å²) in [5.41, 5.74) is 0.0897. The SMILES string of the molecule is CN=C(NCCc1cc(OC)ccc1OC)NCc1nc(C(F)(F)F)cs1. The highest BCUT2D eigenvalue weighted by Gasteiger charge is 2.33. The van der Waals surface area contributed by atoms with Crippen molar-refractivity contribution in [2.45, 2.75) is 19.1 Å². The summed E-state index contributed by atoms with van der Waals surface area (Å²) < 4.78 is 48.3. The van der Waals surface area contributed by atoms with Crippen LogP contribution < -0.4 is 20.1 Å². The number of ether oxygens (including phenoxy) is 2. The molecule has 0 radical (unpaired) electrons. The van der Waals surface area contributed by atoms with Crippen molar-refractivity contribution < 1.29 is 22.6 Å². The standard InChI is InChI=1S/C17H21F3N4O2S/c1-21-16(23-9-15-24-14(10-27-15)17(18,19)20)22-7-6-11-8-12(25-2)4-5-13(11)26-3/h4-5,8,10H,6-7,9H2,1-3H3,(H2,21,22,23). The second kappa shape index (κ2) is 9.45. The fraction of sp³-hybridized carbons (Fsp3) is 0.412. The molecule has 6 nitrogen and oxygen atoms in total. The molecule has 0 unspecified atom stereocenters. The number of aromatic nitrogens is 1. The third-order valence-corrected chi connectivity index (χ3v) is 4.50. The molecule has 0 fully saturated rings. The summed E-state index contributed by atoms with van der Waals surface area (Å²) in [5, 5.41) is 7.40. The van der Waals surface area contributed by atoms with Crippen molar-refractivity contribution in [3.8, 4) is 11.5 Å². The minimum Gasteiger partial charge on any atom is -0.497 e. The average molecular weight is 402 g/mol. The monoisotopic (exact) mass is 402 g/mol. The van der Waals surface area contributed by atoms with Crippen LogP contribution in [0.1, 0.15) is 16.3 Å². The van der Waals surface area contributed by atoms with Gasteiger partial charge in [0, 0.05) is 19.0 Å². The molecule has 0 saturated heterocycles. The first-order valence-electron chi connectivity index (χ1n) is 8.04. The molecule has 0 aliphatic heterocycles. The molecule has 1 aromatic carbocycles. The molecule has 2 rings (SSSR count). The van der Waals surface area contributed by atoms with Gasteiger partial charge in [-0.3, -0.25) is 4.99 Å². The number of thiazole rings is 1. The summed E-state index contributed by atoms with van der Waals surface area (Å²) in [4.78, 5) is 7.63. The Morgan fingerprint density at radius 3 is 2.59 bits per heavy atom. The number of hydrogen-bond acceptors (Lipinski definition) is 5. The van der Waals surface area contributed by atoms with Crippen LogP contribution in [0, 0.1) is 0 Å². The van der Waals surface area contributed by atoms with Crippen LogP contribution in [0.2, 0.25) is 0 Å². The summed E-state index contributed by atoms with van der Waals surface area (Å²) in [6.07, 6.45) is -3.78. The fourth-order valence-electron chi connectivity index (χ4n) is 2.30. The minimum atomic E-state index is -4.43. The number of hydrogen-bond donors (Lipinski definition) is 2. The van der Waals surface area contributed by atoms with Crippen molar-refractivity contribution in [3.63, 3.8) is 0 Å². The van der Waals surface area contributed by atoms with Gasteiger partial charge < -0.3 is 20.1 Å². The predicted octanol–water partition coefficient (Wildman–Crippen LogP) is 3.09. The number of nitrogens with one attached hydrogen (secondary N) is 2. The average Bonchev–Trinajstić information content (AvgIpc) is 3.13. The maximum absolute atomic E-state index is 12.6. The Hall–Kier alpha value is -2.49. The van der Waals surface area contributed by atoms with Crippen molar-refractivity contribution in [1.29, 1.82) is 0 Å².